The normalized spacial score (nSPS) is 14.9. The molecule has 0 unspecified atom stereocenters. The van der Waals surface area contributed by atoms with Gasteiger partial charge in [-0.15, -0.1) is 0 Å². The molecular formula is C26H22F2N6O. The Kier molecular flexibility index (Phi) is 5.82. The number of tetrazole rings is 1. The number of halogens is 2. The van der Waals surface area contributed by atoms with Crippen LogP contribution in [0.1, 0.15) is 28.3 Å². The van der Waals surface area contributed by atoms with Crippen molar-refractivity contribution in [3.63, 3.8) is 0 Å². The second kappa shape index (κ2) is 9.09. The average molecular weight is 472 g/mol. The molecule has 0 bridgehead atoms. The van der Waals surface area contributed by atoms with Gasteiger partial charge in [-0.25, -0.2) is 8.78 Å². The maximum atomic E-state index is 13.6. The van der Waals surface area contributed by atoms with Gasteiger partial charge in [0, 0.05) is 11.8 Å². The summed E-state index contributed by atoms with van der Waals surface area (Å²) in [6, 6.07) is 19.0. The minimum Gasteiger partial charge on any atom is -0.324 e. The van der Waals surface area contributed by atoms with Crippen molar-refractivity contribution in [1.29, 1.82) is 0 Å². The predicted octanol–water partition coefficient (Wildman–Crippen LogP) is 4.66. The molecule has 9 heteroatoms. The summed E-state index contributed by atoms with van der Waals surface area (Å²) in [5.41, 5.74) is 5.05. The fourth-order valence-electron chi connectivity index (χ4n) is 4.02. The second-order valence-electron chi connectivity index (χ2n) is 8.46. The van der Waals surface area contributed by atoms with E-state index in [0.29, 0.717) is 5.95 Å². The number of nitrogens with one attached hydrogen (secondary N) is 1. The van der Waals surface area contributed by atoms with Crippen LogP contribution in [0.15, 0.2) is 72.8 Å². The van der Waals surface area contributed by atoms with Crippen LogP contribution in [0.5, 0.6) is 0 Å². The molecule has 1 aliphatic heterocycles. The summed E-state index contributed by atoms with van der Waals surface area (Å²) in [6.45, 7) is 3.88. The van der Waals surface area contributed by atoms with E-state index in [-0.39, 0.29) is 18.3 Å². The molecule has 0 fully saturated rings. The van der Waals surface area contributed by atoms with Crippen LogP contribution < -0.4 is 10.2 Å². The number of anilines is 2. The van der Waals surface area contributed by atoms with Crippen LogP contribution in [0.4, 0.5) is 20.4 Å². The van der Waals surface area contributed by atoms with Crippen LogP contribution >= 0.6 is 0 Å². The number of carbonyl (C=O) groups excluding carboxylic acids is 1. The van der Waals surface area contributed by atoms with Gasteiger partial charge in [-0.2, -0.15) is 4.68 Å². The number of hydrogen-bond acceptors (Lipinski definition) is 5. The molecule has 35 heavy (non-hydrogen) atoms. The largest absolute Gasteiger partial charge is 0.324 e. The van der Waals surface area contributed by atoms with E-state index in [4.69, 9.17) is 0 Å². The minimum absolute atomic E-state index is 0.139. The van der Waals surface area contributed by atoms with Crippen molar-refractivity contribution >= 4 is 23.2 Å². The Morgan fingerprint density at radius 1 is 0.943 bits per heavy atom. The number of nitrogens with zero attached hydrogens (tertiary/aromatic N) is 5. The zero-order valence-electron chi connectivity index (χ0n) is 19.1. The molecule has 4 aromatic rings. The van der Waals surface area contributed by atoms with E-state index in [0.717, 1.165) is 40.1 Å². The predicted molar refractivity (Wildman–Crippen MR) is 129 cm³/mol. The van der Waals surface area contributed by atoms with Crippen molar-refractivity contribution in [2.24, 2.45) is 0 Å². The molecule has 176 valence electrons. The summed E-state index contributed by atoms with van der Waals surface area (Å²) >= 11 is 0. The van der Waals surface area contributed by atoms with Crippen molar-refractivity contribution in [2.75, 3.05) is 16.8 Å². The fourth-order valence-corrected chi connectivity index (χ4v) is 4.02. The molecule has 2 heterocycles. The number of allylic oxidation sites excluding steroid dienone is 1. The number of fused-ring (bicyclic) bond motifs is 1. The van der Waals surface area contributed by atoms with Gasteiger partial charge in [0.2, 0.25) is 5.91 Å². The molecule has 1 aromatic heterocycles. The molecule has 0 saturated carbocycles. The molecule has 7 nitrogen and oxygen atoms in total. The van der Waals surface area contributed by atoms with Crippen molar-refractivity contribution in [3.05, 3.63) is 107 Å². The number of amides is 1. The Morgan fingerprint density at radius 2 is 1.63 bits per heavy atom. The quantitative estimate of drug-likeness (QED) is 0.457. The van der Waals surface area contributed by atoms with E-state index < -0.39 is 17.5 Å². The van der Waals surface area contributed by atoms with Crippen LogP contribution in [0.2, 0.25) is 0 Å². The first-order chi connectivity index (χ1) is 16.9. The van der Waals surface area contributed by atoms with E-state index >= 15 is 0 Å². The second-order valence-corrected chi connectivity index (χ2v) is 8.46. The van der Waals surface area contributed by atoms with Crippen LogP contribution in [0, 0.1) is 25.5 Å². The van der Waals surface area contributed by atoms with Crippen molar-refractivity contribution in [1.82, 2.24) is 20.2 Å². The Labute approximate surface area is 200 Å². The zero-order chi connectivity index (χ0) is 24.5. The summed E-state index contributed by atoms with van der Waals surface area (Å²) in [7, 11) is 0. The van der Waals surface area contributed by atoms with E-state index in [1.54, 1.807) is 9.58 Å². The van der Waals surface area contributed by atoms with Crippen LogP contribution in [-0.2, 0) is 4.79 Å². The first-order valence-corrected chi connectivity index (χ1v) is 11.0. The van der Waals surface area contributed by atoms with E-state index in [2.05, 4.69) is 20.8 Å². The Bertz CT molecular complexity index is 1410. The molecule has 1 N–H and O–H groups in total. The summed E-state index contributed by atoms with van der Waals surface area (Å²) < 4.78 is 28.5. The summed E-state index contributed by atoms with van der Waals surface area (Å²) in [4.78, 5) is 14.7. The number of aryl methyl sites for hydroxylation is 2. The van der Waals surface area contributed by atoms with E-state index in [9.17, 15) is 13.6 Å². The van der Waals surface area contributed by atoms with Crippen LogP contribution in [0.3, 0.4) is 0 Å². The standard InChI is InChI=1S/C26H22F2N6O/c1-16-3-7-18(8-4-16)23-14-24(19-9-5-17(2)6-10-19)34-26(30-31-32-34)33(23)15-25(35)29-20-11-12-21(27)22(28)13-20/h3-14,24H,15H2,1-2H3,(H,29,35)/t24-/m0/s1. The SMILES string of the molecule is Cc1ccc(C2=C[C@@H](c3ccc(C)cc3)n3nnnc3N2CC(=O)Nc2ccc(F)c(F)c2)cc1. The molecule has 3 aromatic carbocycles. The van der Waals surface area contributed by atoms with Crippen LogP contribution in [0.25, 0.3) is 5.70 Å². The maximum Gasteiger partial charge on any atom is 0.251 e. The minimum atomic E-state index is -1.04. The van der Waals surface area contributed by atoms with Gasteiger partial charge in [-0.05, 0) is 53.6 Å². The number of rotatable bonds is 5. The van der Waals surface area contributed by atoms with Gasteiger partial charge in [0.15, 0.2) is 11.6 Å². The molecule has 1 amide bonds. The molecule has 0 saturated heterocycles. The number of carbonyl (C=O) groups is 1. The summed E-state index contributed by atoms with van der Waals surface area (Å²) in [6.07, 6.45) is 2.02. The first kappa shape index (κ1) is 22.4. The highest BCUT2D eigenvalue weighted by Crippen LogP contribution is 2.36. The summed E-state index contributed by atoms with van der Waals surface area (Å²) in [5.74, 6) is -2.05. The van der Waals surface area contributed by atoms with Crippen molar-refractivity contribution < 1.29 is 13.6 Å². The van der Waals surface area contributed by atoms with Gasteiger partial charge in [0.25, 0.3) is 5.95 Å². The Hall–Kier alpha value is -4.40. The number of benzene rings is 3. The molecule has 1 atom stereocenters. The number of aromatic nitrogens is 4. The molecular weight excluding hydrogens is 450 g/mol. The van der Waals surface area contributed by atoms with Gasteiger partial charge in [0.05, 0.1) is 5.70 Å². The first-order valence-electron chi connectivity index (χ1n) is 11.0. The maximum absolute atomic E-state index is 13.6. The highest BCUT2D eigenvalue weighted by molar-refractivity contribution is 5.97. The Balaban J connectivity index is 1.52. The topological polar surface area (TPSA) is 75.9 Å². The van der Waals surface area contributed by atoms with Gasteiger partial charge in [-0.1, -0.05) is 64.8 Å². The number of hydrogen-bond donors (Lipinski definition) is 1. The molecule has 1 aliphatic rings. The van der Waals surface area contributed by atoms with Gasteiger partial charge < -0.3 is 5.32 Å². The van der Waals surface area contributed by atoms with Crippen molar-refractivity contribution in [2.45, 2.75) is 19.9 Å². The van der Waals surface area contributed by atoms with E-state index in [1.165, 1.54) is 6.07 Å². The van der Waals surface area contributed by atoms with Gasteiger partial charge >= 0.3 is 0 Å². The molecule has 0 aliphatic carbocycles. The molecule has 0 spiro atoms. The third kappa shape index (κ3) is 4.52. The lowest BCUT2D eigenvalue weighted by Crippen LogP contribution is -2.37. The highest BCUT2D eigenvalue weighted by atomic mass is 19.2. The molecule has 5 rings (SSSR count). The highest BCUT2D eigenvalue weighted by Gasteiger charge is 2.32. The lowest BCUT2D eigenvalue weighted by atomic mass is 9.99. The monoisotopic (exact) mass is 472 g/mol. The third-order valence-electron chi connectivity index (χ3n) is 5.86. The van der Waals surface area contributed by atoms with Crippen LogP contribution in [-0.4, -0.2) is 32.7 Å². The molecule has 0 radical (unpaired) electrons. The zero-order valence-corrected chi connectivity index (χ0v) is 19.1. The van der Waals surface area contributed by atoms with Gasteiger partial charge in [-0.3, -0.25) is 9.69 Å². The fraction of sp³-hybridized carbons (Fsp3) is 0.154. The third-order valence-corrected chi connectivity index (χ3v) is 5.86. The lowest BCUT2D eigenvalue weighted by molar-refractivity contribution is -0.114. The Morgan fingerprint density at radius 3 is 2.31 bits per heavy atom. The van der Waals surface area contributed by atoms with Gasteiger partial charge in [0.1, 0.15) is 12.6 Å². The smallest absolute Gasteiger partial charge is 0.251 e. The average Bonchev–Trinajstić information content (AvgIpc) is 3.33. The lowest BCUT2D eigenvalue weighted by Gasteiger charge is -2.32. The van der Waals surface area contributed by atoms with E-state index in [1.807, 2.05) is 68.5 Å². The van der Waals surface area contributed by atoms with Crippen molar-refractivity contribution in [3.8, 4) is 0 Å². The summed E-state index contributed by atoms with van der Waals surface area (Å²) in [5, 5.41) is 14.9.